The van der Waals surface area contributed by atoms with Gasteiger partial charge in [-0.15, -0.1) is 0 Å². The fourth-order valence-corrected chi connectivity index (χ4v) is 2.42. The zero-order chi connectivity index (χ0) is 11.5. The Balaban J connectivity index is 1.99. The molecule has 3 nitrogen and oxygen atoms in total. The minimum Gasteiger partial charge on any atom is -0.328 e. The fourth-order valence-electron chi connectivity index (χ4n) is 2.24. The highest BCUT2D eigenvalue weighted by Gasteiger charge is 2.23. The van der Waals surface area contributed by atoms with Crippen molar-refractivity contribution in [2.75, 3.05) is 6.54 Å². The summed E-state index contributed by atoms with van der Waals surface area (Å²) in [6.45, 7) is 4.15. The van der Waals surface area contributed by atoms with E-state index in [0.29, 0.717) is 12.1 Å². The quantitative estimate of drug-likeness (QED) is 0.859. The van der Waals surface area contributed by atoms with Crippen LogP contribution in [0.25, 0.3) is 0 Å². The molecule has 4 heteroatoms. The molecular weight excluding hydrogens is 222 g/mol. The van der Waals surface area contributed by atoms with Crippen LogP contribution in [0.2, 0.25) is 5.02 Å². The lowest BCUT2D eigenvalue weighted by atomic mass is 9.99. The molecule has 0 amide bonds. The molecule has 2 atom stereocenters. The Hall–Kier alpha value is -0.640. The monoisotopic (exact) mass is 239 g/mol. The Kier molecular flexibility index (Phi) is 3.79. The molecule has 0 saturated carbocycles. The van der Waals surface area contributed by atoms with E-state index < -0.39 is 0 Å². The summed E-state index contributed by atoms with van der Waals surface area (Å²) in [6, 6.07) is 4.63. The van der Waals surface area contributed by atoms with Crippen molar-refractivity contribution in [2.24, 2.45) is 5.73 Å². The summed E-state index contributed by atoms with van der Waals surface area (Å²) >= 11 is 5.94. The molecule has 0 aromatic carbocycles. The van der Waals surface area contributed by atoms with Crippen LogP contribution in [0.4, 0.5) is 0 Å². The van der Waals surface area contributed by atoms with Crippen LogP contribution in [-0.2, 0) is 6.54 Å². The molecule has 2 unspecified atom stereocenters. The van der Waals surface area contributed by atoms with Gasteiger partial charge < -0.3 is 5.73 Å². The molecule has 88 valence electrons. The Bertz CT molecular complexity index is 356. The van der Waals surface area contributed by atoms with E-state index in [1.807, 2.05) is 6.07 Å². The van der Waals surface area contributed by atoms with Gasteiger partial charge in [0.1, 0.15) is 0 Å². The minimum absolute atomic E-state index is 0.360. The molecule has 1 saturated heterocycles. The van der Waals surface area contributed by atoms with E-state index in [4.69, 9.17) is 17.3 Å². The van der Waals surface area contributed by atoms with Crippen molar-refractivity contribution >= 4 is 11.6 Å². The van der Waals surface area contributed by atoms with Gasteiger partial charge in [-0.05, 0) is 31.9 Å². The molecule has 1 aromatic rings. The van der Waals surface area contributed by atoms with E-state index in [1.165, 1.54) is 0 Å². The first-order chi connectivity index (χ1) is 7.65. The zero-order valence-electron chi connectivity index (χ0n) is 9.56. The molecule has 1 aromatic heterocycles. The maximum atomic E-state index is 5.94. The van der Waals surface area contributed by atoms with Crippen LogP contribution in [0, 0.1) is 0 Å². The van der Waals surface area contributed by atoms with Crippen molar-refractivity contribution < 1.29 is 0 Å². The van der Waals surface area contributed by atoms with Crippen molar-refractivity contribution in [1.29, 1.82) is 0 Å². The molecule has 1 fully saturated rings. The van der Waals surface area contributed by atoms with Crippen LogP contribution in [0.5, 0.6) is 0 Å². The number of nitrogens with zero attached hydrogens (tertiary/aromatic N) is 2. The first-order valence-electron chi connectivity index (χ1n) is 5.75. The minimum atomic E-state index is 0.360. The SMILES string of the molecule is CC1CC(N)CCN1Cc1cc(Cl)ccn1. The highest BCUT2D eigenvalue weighted by Crippen LogP contribution is 2.19. The Morgan fingerprint density at radius 1 is 1.62 bits per heavy atom. The summed E-state index contributed by atoms with van der Waals surface area (Å²) < 4.78 is 0. The van der Waals surface area contributed by atoms with Gasteiger partial charge in [0.2, 0.25) is 0 Å². The zero-order valence-corrected chi connectivity index (χ0v) is 10.3. The summed E-state index contributed by atoms with van der Waals surface area (Å²) in [5.41, 5.74) is 6.98. The number of aromatic nitrogens is 1. The number of rotatable bonds is 2. The third-order valence-corrected chi connectivity index (χ3v) is 3.43. The van der Waals surface area contributed by atoms with Crippen molar-refractivity contribution in [3.05, 3.63) is 29.0 Å². The molecular formula is C12H18ClN3. The van der Waals surface area contributed by atoms with Crippen LogP contribution in [0.3, 0.4) is 0 Å². The maximum absolute atomic E-state index is 5.94. The second kappa shape index (κ2) is 5.13. The van der Waals surface area contributed by atoms with Crippen molar-refractivity contribution in [3.8, 4) is 0 Å². The van der Waals surface area contributed by atoms with E-state index in [-0.39, 0.29) is 0 Å². The Morgan fingerprint density at radius 3 is 3.12 bits per heavy atom. The van der Waals surface area contributed by atoms with Crippen molar-refractivity contribution in [3.63, 3.8) is 0 Å². The number of hydrogen-bond donors (Lipinski definition) is 1. The normalized spacial score (nSPS) is 26.9. The molecule has 0 bridgehead atoms. The predicted molar refractivity (Wildman–Crippen MR) is 66.3 cm³/mol. The van der Waals surface area contributed by atoms with E-state index in [0.717, 1.165) is 36.6 Å². The molecule has 1 aliphatic heterocycles. The number of nitrogens with two attached hydrogens (primary N) is 1. The predicted octanol–water partition coefficient (Wildman–Crippen LogP) is 2.05. The Labute approximate surface area is 102 Å². The third kappa shape index (κ3) is 2.94. The molecule has 16 heavy (non-hydrogen) atoms. The molecule has 2 N–H and O–H groups in total. The number of likely N-dealkylation sites (tertiary alicyclic amines) is 1. The van der Waals surface area contributed by atoms with E-state index in [9.17, 15) is 0 Å². The first-order valence-corrected chi connectivity index (χ1v) is 6.13. The number of pyridine rings is 1. The molecule has 2 rings (SSSR count). The molecule has 0 radical (unpaired) electrons. The number of piperidine rings is 1. The largest absolute Gasteiger partial charge is 0.328 e. The lowest BCUT2D eigenvalue weighted by molar-refractivity contribution is 0.138. The first kappa shape index (κ1) is 11.8. The summed E-state index contributed by atoms with van der Waals surface area (Å²) in [5.74, 6) is 0. The molecule has 2 heterocycles. The number of halogens is 1. The average molecular weight is 240 g/mol. The maximum Gasteiger partial charge on any atom is 0.0558 e. The second-order valence-electron chi connectivity index (χ2n) is 4.57. The standard InChI is InChI=1S/C12H18ClN3/c1-9-6-11(14)3-5-16(9)8-12-7-10(13)2-4-15-12/h2,4,7,9,11H,3,5-6,8,14H2,1H3. The van der Waals surface area contributed by atoms with Crippen LogP contribution in [0.1, 0.15) is 25.5 Å². The third-order valence-electron chi connectivity index (χ3n) is 3.20. The lowest BCUT2D eigenvalue weighted by Crippen LogP contribution is -2.45. The molecule has 0 spiro atoms. The fraction of sp³-hybridized carbons (Fsp3) is 0.583. The van der Waals surface area contributed by atoms with Gasteiger partial charge in [-0.25, -0.2) is 0 Å². The van der Waals surface area contributed by atoms with Crippen molar-refractivity contribution in [2.45, 2.75) is 38.4 Å². The van der Waals surface area contributed by atoms with E-state index in [2.05, 4.69) is 16.8 Å². The van der Waals surface area contributed by atoms with Crippen LogP contribution < -0.4 is 5.73 Å². The van der Waals surface area contributed by atoms with Gasteiger partial charge in [-0.2, -0.15) is 0 Å². The summed E-state index contributed by atoms with van der Waals surface area (Å²) in [5, 5.41) is 0.756. The van der Waals surface area contributed by atoms with Gasteiger partial charge in [0.15, 0.2) is 0 Å². The van der Waals surface area contributed by atoms with Gasteiger partial charge in [-0.3, -0.25) is 9.88 Å². The topological polar surface area (TPSA) is 42.1 Å². The van der Waals surface area contributed by atoms with Gasteiger partial charge >= 0.3 is 0 Å². The average Bonchev–Trinajstić information content (AvgIpc) is 2.22. The van der Waals surface area contributed by atoms with Crippen LogP contribution in [0.15, 0.2) is 18.3 Å². The summed E-state index contributed by atoms with van der Waals surface area (Å²) in [4.78, 5) is 6.75. The molecule has 0 aliphatic carbocycles. The highest BCUT2D eigenvalue weighted by molar-refractivity contribution is 6.30. The van der Waals surface area contributed by atoms with Gasteiger partial charge in [0.05, 0.1) is 5.69 Å². The van der Waals surface area contributed by atoms with E-state index in [1.54, 1.807) is 12.3 Å². The van der Waals surface area contributed by atoms with E-state index >= 15 is 0 Å². The smallest absolute Gasteiger partial charge is 0.0558 e. The van der Waals surface area contributed by atoms with Crippen molar-refractivity contribution in [1.82, 2.24) is 9.88 Å². The van der Waals surface area contributed by atoms with Gasteiger partial charge in [0, 0.05) is 36.4 Å². The second-order valence-corrected chi connectivity index (χ2v) is 5.01. The van der Waals surface area contributed by atoms with Gasteiger partial charge in [0.25, 0.3) is 0 Å². The molecule has 1 aliphatic rings. The Morgan fingerprint density at radius 2 is 2.44 bits per heavy atom. The van der Waals surface area contributed by atoms with Crippen LogP contribution >= 0.6 is 11.6 Å². The van der Waals surface area contributed by atoms with Gasteiger partial charge in [-0.1, -0.05) is 11.6 Å². The van der Waals surface area contributed by atoms with Crippen LogP contribution in [-0.4, -0.2) is 28.5 Å². The number of hydrogen-bond acceptors (Lipinski definition) is 3. The highest BCUT2D eigenvalue weighted by atomic mass is 35.5. The summed E-state index contributed by atoms with van der Waals surface area (Å²) in [6.07, 6.45) is 3.91. The lowest BCUT2D eigenvalue weighted by Gasteiger charge is -2.36. The summed E-state index contributed by atoms with van der Waals surface area (Å²) in [7, 11) is 0.